The first-order chi connectivity index (χ1) is 9.47. The third kappa shape index (κ3) is 3.75. The molecule has 0 bridgehead atoms. The van der Waals surface area contributed by atoms with Gasteiger partial charge in [0.15, 0.2) is 0 Å². The first kappa shape index (κ1) is 15.4. The second kappa shape index (κ2) is 6.61. The van der Waals surface area contributed by atoms with Crippen LogP contribution in [-0.4, -0.2) is 5.91 Å². The van der Waals surface area contributed by atoms with Crippen LogP contribution >= 0.6 is 43.5 Å². The molecule has 0 aromatic heterocycles. The first-order valence-electron chi connectivity index (χ1n) is 5.74. The molecule has 1 atom stereocenters. The van der Waals surface area contributed by atoms with E-state index >= 15 is 0 Å². The zero-order valence-electron chi connectivity index (χ0n) is 10.2. The lowest BCUT2D eigenvalue weighted by Crippen LogP contribution is -2.27. The highest BCUT2D eigenvalue weighted by Crippen LogP contribution is 2.28. The molecule has 3 nitrogen and oxygen atoms in total. The molecule has 3 N–H and O–H groups in total. The summed E-state index contributed by atoms with van der Waals surface area (Å²) in [5.41, 5.74) is 7.02. The zero-order valence-corrected chi connectivity index (χ0v) is 14.2. The van der Waals surface area contributed by atoms with Gasteiger partial charge in [-0.1, -0.05) is 39.7 Å². The van der Waals surface area contributed by atoms with Crippen LogP contribution in [0.15, 0.2) is 51.4 Å². The van der Waals surface area contributed by atoms with E-state index in [9.17, 15) is 4.79 Å². The monoisotopic (exact) mass is 416 g/mol. The normalized spacial score (nSPS) is 11.9. The number of nitrogens with one attached hydrogen (secondary N) is 1. The van der Waals surface area contributed by atoms with E-state index in [1.54, 1.807) is 18.2 Å². The molecule has 0 aliphatic rings. The van der Waals surface area contributed by atoms with Crippen LogP contribution in [0.1, 0.15) is 11.6 Å². The molecule has 0 heterocycles. The Bertz CT molecular complexity index is 649. The van der Waals surface area contributed by atoms with Gasteiger partial charge in [-0.15, -0.1) is 0 Å². The molecule has 1 amide bonds. The third-order valence-electron chi connectivity index (χ3n) is 2.70. The van der Waals surface area contributed by atoms with Crippen molar-refractivity contribution >= 4 is 55.1 Å². The summed E-state index contributed by atoms with van der Waals surface area (Å²) in [7, 11) is 0. The van der Waals surface area contributed by atoms with Gasteiger partial charge in [0.05, 0.1) is 5.02 Å². The minimum atomic E-state index is -0.611. The van der Waals surface area contributed by atoms with Gasteiger partial charge >= 0.3 is 0 Å². The Hall–Kier alpha value is -1.04. The Labute approximate surface area is 138 Å². The fourth-order valence-corrected chi connectivity index (χ4v) is 2.67. The average molecular weight is 419 g/mol. The molecule has 0 spiro atoms. The van der Waals surface area contributed by atoms with Gasteiger partial charge in [0.1, 0.15) is 6.04 Å². The highest BCUT2D eigenvalue weighted by atomic mass is 79.9. The number of halogens is 3. The van der Waals surface area contributed by atoms with Crippen molar-refractivity contribution in [2.45, 2.75) is 6.04 Å². The summed E-state index contributed by atoms with van der Waals surface area (Å²) in [6, 6.07) is 12.2. The number of nitrogens with two attached hydrogens (primary N) is 1. The van der Waals surface area contributed by atoms with E-state index < -0.39 is 11.9 Å². The maximum atomic E-state index is 11.7. The average Bonchev–Trinajstić information content (AvgIpc) is 2.39. The maximum Gasteiger partial charge on any atom is 0.244 e. The largest absolute Gasteiger partial charge is 0.370 e. The summed E-state index contributed by atoms with van der Waals surface area (Å²) in [5, 5.41) is 3.71. The molecule has 104 valence electrons. The Morgan fingerprint density at radius 2 is 1.95 bits per heavy atom. The van der Waals surface area contributed by atoms with E-state index in [1.165, 1.54) is 0 Å². The number of anilines is 1. The lowest BCUT2D eigenvalue weighted by molar-refractivity contribution is -0.118. The van der Waals surface area contributed by atoms with Crippen LogP contribution in [0.5, 0.6) is 0 Å². The van der Waals surface area contributed by atoms with Gasteiger partial charge in [0, 0.05) is 14.6 Å². The minimum Gasteiger partial charge on any atom is -0.370 e. The van der Waals surface area contributed by atoms with Crippen molar-refractivity contribution in [3.8, 4) is 0 Å². The number of hydrogen-bond acceptors (Lipinski definition) is 2. The lowest BCUT2D eigenvalue weighted by Gasteiger charge is -2.18. The molecule has 0 saturated carbocycles. The second-order valence-corrected chi connectivity index (χ2v) is 6.34. The fourth-order valence-electron chi connectivity index (χ4n) is 1.76. The number of hydrogen-bond donors (Lipinski definition) is 2. The lowest BCUT2D eigenvalue weighted by atomic mass is 10.1. The molecular weight excluding hydrogens is 407 g/mol. The number of primary amides is 1. The molecule has 20 heavy (non-hydrogen) atoms. The molecule has 1 unspecified atom stereocenters. The van der Waals surface area contributed by atoms with Gasteiger partial charge in [-0.05, 0) is 51.8 Å². The van der Waals surface area contributed by atoms with Crippen molar-refractivity contribution in [1.82, 2.24) is 0 Å². The summed E-state index contributed by atoms with van der Waals surface area (Å²) in [5.74, 6) is -0.450. The predicted octanol–water partition coefficient (Wildman–Crippen LogP) is 4.50. The fraction of sp³-hybridized carbons (Fsp3) is 0.0714. The Morgan fingerprint density at radius 1 is 1.20 bits per heavy atom. The molecule has 0 radical (unpaired) electrons. The Balaban J connectivity index is 2.30. The van der Waals surface area contributed by atoms with E-state index in [2.05, 4.69) is 37.2 Å². The molecular formula is C14H11Br2ClN2O. The standard InChI is InChI=1S/C14H11Br2ClN2O/c15-9-3-1-2-8(6-9)13(14(18)20)19-10-4-5-12(17)11(16)7-10/h1-7,13,19H,(H2,18,20). The Morgan fingerprint density at radius 3 is 2.55 bits per heavy atom. The van der Waals surface area contributed by atoms with Crippen LogP contribution < -0.4 is 11.1 Å². The van der Waals surface area contributed by atoms with E-state index in [4.69, 9.17) is 17.3 Å². The van der Waals surface area contributed by atoms with E-state index in [1.807, 2.05) is 24.3 Å². The predicted molar refractivity (Wildman–Crippen MR) is 88.9 cm³/mol. The van der Waals surface area contributed by atoms with Gasteiger partial charge in [-0.25, -0.2) is 0 Å². The molecule has 2 aromatic carbocycles. The third-order valence-corrected chi connectivity index (χ3v) is 4.40. The van der Waals surface area contributed by atoms with Crippen LogP contribution in [0.2, 0.25) is 5.02 Å². The molecule has 0 aliphatic heterocycles. The summed E-state index contributed by atoms with van der Waals surface area (Å²) in [6.45, 7) is 0. The zero-order chi connectivity index (χ0) is 14.7. The van der Waals surface area contributed by atoms with E-state index in [0.717, 1.165) is 20.2 Å². The molecule has 0 saturated heterocycles. The van der Waals surface area contributed by atoms with Crippen LogP contribution in [0.25, 0.3) is 0 Å². The molecule has 2 aromatic rings. The van der Waals surface area contributed by atoms with Crippen LogP contribution in [-0.2, 0) is 4.79 Å². The van der Waals surface area contributed by atoms with Crippen LogP contribution in [0.3, 0.4) is 0 Å². The minimum absolute atomic E-state index is 0.450. The van der Waals surface area contributed by atoms with Crippen molar-refractivity contribution in [2.24, 2.45) is 5.73 Å². The van der Waals surface area contributed by atoms with Gasteiger partial charge in [0.2, 0.25) is 5.91 Å². The number of carbonyl (C=O) groups excluding carboxylic acids is 1. The summed E-state index contributed by atoms with van der Waals surface area (Å²) >= 11 is 12.7. The topological polar surface area (TPSA) is 55.1 Å². The maximum absolute atomic E-state index is 11.7. The quantitative estimate of drug-likeness (QED) is 0.768. The van der Waals surface area contributed by atoms with Crippen LogP contribution in [0, 0.1) is 0 Å². The van der Waals surface area contributed by atoms with Gasteiger partial charge in [-0.3, -0.25) is 4.79 Å². The van der Waals surface area contributed by atoms with Crippen molar-refractivity contribution in [3.63, 3.8) is 0 Å². The number of benzene rings is 2. The van der Waals surface area contributed by atoms with Gasteiger partial charge < -0.3 is 11.1 Å². The SMILES string of the molecule is NC(=O)C(Nc1ccc(Cl)c(Br)c1)c1cccc(Br)c1. The highest BCUT2D eigenvalue weighted by Gasteiger charge is 2.18. The first-order valence-corrected chi connectivity index (χ1v) is 7.70. The summed E-state index contributed by atoms with van der Waals surface area (Å²) < 4.78 is 1.64. The number of carbonyl (C=O) groups is 1. The smallest absolute Gasteiger partial charge is 0.244 e. The summed E-state index contributed by atoms with van der Waals surface area (Å²) in [4.78, 5) is 11.7. The van der Waals surface area contributed by atoms with Crippen molar-refractivity contribution in [2.75, 3.05) is 5.32 Å². The van der Waals surface area contributed by atoms with E-state index in [-0.39, 0.29) is 0 Å². The molecule has 6 heteroatoms. The molecule has 0 aliphatic carbocycles. The van der Waals surface area contributed by atoms with Crippen LogP contribution in [0.4, 0.5) is 5.69 Å². The van der Waals surface area contributed by atoms with Gasteiger partial charge in [-0.2, -0.15) is 0 Å². The number of amides is 1. The molecule has 0 fully saturated rings. The van der Waals surface area contributed by atoms with Gasteiger partial charge in [0.25, 0.3) is 0 Å². The van der Waals surface area contributed by atoms with E-state index in [0.29, 0.717) is 5.02 Å². The summed E-state index contributed by atoms with van der Waals surface area (Å²) in [6.07, 6.45) is 0. The number of rotatable bonds is 4. The second-order valence-electron chi connectivity index (χ2n) is 4.16. The Kier molecular flexibility index (Phi) is 5.07. The highest BCUT2D eigenvalue weighted by molar-refractivity contribution is 9.10. The van der Waals surface area contributed by atoms with Crippen molar-refractivity contribution in [3.05, 3.63) is 62.0 Å². The molecule has 2 rings (SSSR count). The van der Waals surface area contributed by atoms with Crippen molar-refractivity contribution in [1.29, 1.82) is 0 Å². The van der Waals surface area contributed by atoms with Crippen molar-refractivity contribution < 1.29 is 4.79 Å².